The summed E-state index contributed by atoms with van der Waals surface area (Å²) in [5, 5.41) is 9.13. The second-order valence-corrected chi connectivity index (χ2v) is 4.98. The van der Waals surface area contributed by atoms with Crippen molar-refractivity contribution in [3.8, 4) is 0 Å². The summed E-state index contributed by atoms with van der Waals surface area (Å²) in [5.41, 5.74) is 2.41. The van der Waals surface area contributed by atoms with Gasteiger partial charge >= 0.3 is 0 Å². The Bertz CT molecular complexity index is 348. The maximum Gasteiger partial charge on any atom is 0.0681 e. The van der Waals surface area contributed by atoms with Crippen LogP contribution in [0.1, 0.15) is 37.3 Å². The molecule has 1 aromatic carbocycles. The van der Waals surface area contributed by atoms with Gasteiger partial charge in [-0.3, -0.25) is 0 Å². The molecular weight excluding hydrogens is 198 g/mol. The van der Waals surface area contributed by atoms with Crippen molar-refractivity contribution in [2.45, 2.75) is 38.8 Å². The van der Waals surface area contributed by atoms with Gasteiger partial charge in [0.15, 0.2) is 0 Å². The number of hydrogen-bond donors (Lipinski definition) is 1. The second-order valence-electron chi connectivity index (χ2n) is 4.98. The SMILES string of the molecule is CC(C)N1CCC(c2cccc(CO)c2)C1. The number of nitrogens with zero attached hydrogens (tertiary/aromatic N) is 1. The van der Waals surface area contributed by atoms with Gasteiger partial charge in [-0.2, -0.15) is 0 Å². The maximum absolute atomic E-state index is 9.13. The molecule has 2 rings (SSSR count). The van der Waals surface area contributed by atoms with Gasteiger partial charge in [0, 0.05) is 12.6 Å². The Labute approximate surface area is 97.9 Å². The highest BCUT2D eigenvalue weighted by atomic mass is 16.3. The van der Waals surface area contributed by atoms with Gasteiger partial charge in [-0.25, -0.2) is 0 Å². The Morgan fingerprint density at radius 3 is 2.88 bits per heavy atom. The molecule has 0 radical (unpaired) electrons. The standard InChI is InChI=1S/C14H21NO/c1-11(2)15-7-6-14(9-15)13-5-3-4-12(8-13)10-16/h3-5,8,11,14,16H,6-7,9-10H2,1-2H3. The first-order valence-corrected chi connectivity index (χ1v) is 6.14. The summed E-state index contributed by atoms with van der Waals surface area (Å²) < 4.78 is 0. The summed E-state index contributed by atoms with van der Waals surface area (Å²) in [6.07, 6.45) is 1.24. The lowest BCUT2D eigenvalue weighted by Gasteiger charge is -2.20. The van der Waals surface area contributed by atoms with Crippen molar-refractivity contribution in [3.05, 3.63) is 35.4 Å². The van der Waals surface area contributed by atoms with Gasteiger partial charge < -0.3 is 10.0 Å². The first kappa shape index (κ1) is 11.6. The number of benzene rings is 1. The smallest absolute Gasteiger partial charge is 0.0681 e. The van der Waals surface area contributed by atoms with Crippen molar-refractivity contribution >= 4 is 0 Å². The van der Waals surface area contributed by atoms with E-state index in [1.165, 1.54) is 18.5 Å². The van der Waals surface area contributed by atoms with E-state index in [0.717, 1.165) is 12.1 Å². The third-order valence-electron chi connectivity index (χ3n) is 3.55. The van der Waals surface area contributed by atoms with E-state index < -0.39 is 0 Å². The van der Waals surface area contributed by atoms with Crippen LogP contribution in [0.15, 0.2) is 24.3 Å². The van der Waals surface area contributed by atoms with Crippen LogP contribution in [0, 0.1) is 0 Å². The van der Waals surface area contributed by atoms with Gasteiger partial charge in [-0.1, -0.05) is 24.3 Å². The third-order valence-corrected chi connectivity index (χ3v) is 3.55. The summed E-state index contributed by atoms with van der Waals surface area (Å²) in [5.74, 6) is 0.647. The molecule has 1 fully saturated rings. The van der Waals surface area contributed by atoms with E-state index in [1.54, 1.807) is 0 Å². The number of aliphatic hydroxyl groups excluding tert-OH is 1. The molecule has 0 aliphatic carbocycles. The van der Waals surface area contributed by atoms with Gasteiger partial charge in [0.25, 0.3) is 0 Å². The summed E-state index contributed by atoms with van der Waals surface area (Å²) in [6.45, 7) is 7.02. The van der Waals surface area contributed by atoms with Crippen molar-refractivity contribution in [3.63, 3.8) is 0 Å². The molecule has 1 aromatic rings. The van der Waals surface area contributed by atoms with Crippen LogP contribution in [0.3, 0.4) is 0 Å². The van der Waals surface area contributed by atoms with E-state index in [4.69, 9.17) is 5.11 Å². The van der Waals surface area contributed by atoms with Crippen LogP contribution in [-0.2, 0) is 6.61 Å². The average molecular weight is 219 g/mol. The third kappa shape index (κ3) is 2.45. The Hall–Kier alpha value is -0.860. The van der Waals surface area contributed by atoms with E-state index in [9.17, 15) is 0 Å². The Morgan fingerprint density at radius 1 is 1.44 bits per heavy atom. The number of aliphatic hydroxyl groups is 1. The quantitative estimate of drug-likeness (QED) is 0.843. The average Bonchev–Trinajstić information content (AvgIpc) is 2.78. The molecule has 1 N–H and O–H groups in total. The van der Waals surface area contributed by atoms with Gasteiger partial charge in [0.1, 0.15) is 0 Å². The number of likely N-dealkylation sites (tertiary alicyclic amines) is 1. The van der Waals surface area contributed by atoms with E-state index in [2.05, 4.69) is 36.9 Å². The van der Waals surface area contributed by atoms with Crippen molar-refractivity contribution < 1.29 is 5.11 Å². The van der Waals surface area contributed by atoms with Gasteiger partial charge in [-0.05, 0) is 43.9 Å². The minimum atomic E-state index is 0.147. The van der Waals surface area contributed by atoms with Gasteiger partial charge in [0.05, 0.1) is 6.61 Å². The van der Waals surface area contributed by atoms with Gasteiger partial charge in [-0.15, -0.1) is 0 Å². The van der Waals surface area contributed by atoms with E-state index in [-0.39, 0.29) is 6.61 Å². The number of rotatable bonds is 3. The zero-order valence-electron chi connectivity index (χ0n) is 10.2. The van der Waals surface area contributed by atoms with Crippen LogP contribution in [0.5, 0.6) is 0 Å². The number of hydrogen-bond acceptors (Lipinski definition) is 2. The van der Waals surface area contributed by atoms with Crippen LogP contribution in [0.25, 0.3) is 0 Å². The molecule has 0 spiro atoms. The van der Waals surface area contributed by atoms with Crippen LogP contribution in [0.4, 0.5) is 0 Å². The van der Waals surface area contributed by atoms with Crippen LogP contribution < -0.4 is 0 Å². The fraction of sp³-hybridized carbons (Fsp3) is 0.571. The zero-order valence-corrected chi connectivity index (χ0v) is 10.2. The lowest BCUT2D eigenvalue weighted by Crippen LogP contribution is -2.27. The Kier molecular flexibility index (Phi) is 3.62. The molecule has 1 unspecified atom stereocenters. The molecular formula is C14H21NO. The Balaban J connectivity index is 2.08. The van der Waals surface area contributed by atoms with Crippen molar-refractivity contribution in [1.82, 2.24) is 4.90 Å². The highest BCUT2D eigenvalue weighted by Crippen LogP contribution is 2.28. The van der Waals surface area contributed by atoms with E-state index in [0.29, 0.717) is 12.0 Å². The molecule has 88 valence electrons. The monoisotopic (exact) mass is 219 g/mol. The molecule has 0 bridgehead atoms. The Morgan fingerprint density at radius 2 is 2.25 bits per heavy atom. The van der Waals surface area contributed by atoms with Gasteiger partial charge in [0.2, 0.25) is 0 Å². The topological polar surface area (TPSA) is 23.5 Å². The molecule has 0 aromatic heterocycles. The summed E-state index contributed by atoms with van der Waals surface area (Å²) >= 11 is 0. The van der Waals surface area contributed by atoms with E-state index >= 15 is 0 Å². The van der Waals surface area contributed by atoms with E-state index in [1.807, 2.05) is 6.07 Å². The first-order valence-electron chi connectivity index (χ1n) is 6.14. The summed E-state index contributed by atoms with van der Waals surface area (Å²) in [4.78, 5) is 2.52. The maximum atomic E-state index is 9.13. The van der Waals surface area contributed by atoms with Crippen LogP contribution in [-0.4, -0.2) is 29.1 Å². The molecule has 0 amide bonds. The fourth-order valence-corrected chi connectivity index (χ4v) is 2.47. The minimum absolute atomic E-state index is 0.147. The zero-order chi connectivity index (χ0) is 11.5. The summed E-state index contributed by atoms with van der Waals surface area (Å²) in [6, 6.07) is 9.02. The van der Waals surface area contributed by atoms with Crippen molar-refractivity contribution in [2.75, 3.05) is 13.1 Å². The normalized spacial score (nSPS) is 21.9. The second kappa shape index (κ2) is 4.98. The molecule has 2 heteroatoms. The highest BCUT2D eigenvalue weighted by Gasteiger charge is 2.25. The predicted molar refractivity (Wildman–Crippen MR) is 66.4 cm³/mol. The molecule has 1 saturated heterocycles. The van der Waals surface area contributed by atoms with Crippen LogP contribution >= 0.6 is 0 Å². The van der Waals surface area contributed by atoms with Crippen molar-refractivity contribution in [1.29, 1.82) is 0 Å². The molecule has 1 aliphatic rings. The molecule has 16 heavy (non-hydrogen) atoms. The van der Waals surface area contributed by atoms with Crippen molar-refractivity contribution in [2.24, 2.45) is 0 Å². The molecule has 1 heterocycles. The predicted octanol–water partition coefficient (Wildman–Crippen LogP) is 2.38. The summed E-state index contributed by atoms with van der Waals surface area (Å²) in [7, 11) is 0. The highest BCUT2D eigenvalue weighted by molar-refractivity contribution is 5.27. The van der Waals surface area contributed by atoms with Crippen LogP contribution in [0.2, 0.25) is 0 Å². The first-order chi connectivity index (χ1) is 7.70. The minimum Gasteiger partial charge on any atom is -0.392 e. The molecule has 1 atom stereocenters. The lowest BCUT2D eigenvalue weighted by atomic mass is 9.97. The fourth-order valence-electron chi connectivity index (χ4n) is 2.47. The molecule has 0 saturated carbocycles. The lowest BCUT2D eigenvalue weighted by molar-refractivity contribution is 0.272. The molecule has 2 nitrogen and oxygen atoms in total. The largest absolute Gasteiger partial charge is 0.392 e. The molecule has 1 aliphatic heterocycles.